The maximum absolute atomic E-state index is 6.10. The van der Waals surface area contributed by atoms with Gasteiger partial charge in [-0.05, 0) is 35.1 Å². The van der Waals surface area contributed by atoms with Crippen molar-refractivity contribution in [2.24, 2.45) is 0 Å². The molecular weight excluding hydrogens is 332 g/mol. The Morgan fingerprint density at radius 1 is 0.741 bits per heavy atom. The molecule has 0 amide bonds. The summed E-state index contributed by atoms with van der Waals surface area (Å²) in [5.74, 6) is 0. The molecule has 2 nitrogen and oxygen atoms in total. The van der Waals surface area contributed by atoms with Crippen molar-refractivity contribution in [3.8, 4) is 11.1 Å². The lowest BCUT2D eigenvalue weighted by Crippen LogP contribution is -2.31. The minimum atomic E-state index is 0.0675. The lowest BCUT2D eigenvalue weighted by Gasteiger charge is -2.30. The summed E-state index contributed by atoms with van der Waals surface area (Å²) >= 11 is 0. The Bertz CT molecular complexity index is 652. The van der Waals surface area contributed by atoms with Gasteiger partial charge in [0.25, 0.3) is 0 Å². The Morgan fingerprint density at radius 3 is 2.04 bits per heavy atom. The molecule has 2 aromatic carbocycles. The molecule has 1 saturated heterocycles. The van der Waals surface area contributed by atoms with Gasteiger partial charge in [0.2, 0.25) is 0 Å². The zero-order valence-corrected chi connectivity index (χ0v) is 17.0. The van der Waals surface area contributed by atoms with Crippen molar-refractivity contribution in [3.05, 3.63) is 59.7 Å². The van der Waals surface area contributed by atoms with E-state index in [1.165, 1.54) is 54.4 Å². The third kappa shape index (κ3) is 5.92. The number of hydrogen-bond acceptors (Lipinski definition) is 2. The highest BCUT2D eigenvalue weighted by Gasteiger charge is 2.23. The van der Waals surface area contributed by atoms with Crippen LogP contribution < -0.4 is 0 Å². The van der Waals surface area contributed by atoms with Crippen molar-refractivity contribution >= 4 is 0 Å². The number of unbranched alkanes of at least 4 members (excludes halogenated alkanes) is 3. The van der Waals surface area contributed by atoms with Crippen LogP contribution in [0, 0.1) is 0 Å². The maximum Gasteiger partial charge on any atom is 0.106 e. The summed E-state index contributed by atoms with van der Waals surface area (Å²) in [6.45, 7) is 5.86. The van der Waals surface area contributed by atoms with Gasteiger partial charge in [-0.25, -0.2) is 0 Å². The van der Waals surface area contributed by atoms with Gasteiger partial charge >= 0.3 is 0 Å². The Kier molecular flexibility index (Phi) is 7.92. The van der Waals surface area contributed by atoms with Gasteiger partial charge in [-0.15, -0.1) is 0 Å². The second kappa shape index (κ2) is 10.6. The second-order valence-corrected chi connectivity index (χ2v) is 7.70. The standard InChI is InChI=1S/C25H34O2/c1-3-5-6-7-9-24-18-27-25(19-26-24)23-16-14-22(15-17-23)21-12-10-20(8-4-2)11-13-21/h10-17,24-25H,3-9,18-19H2,1-2H3. The fraction of sp³-hybridized carbons (Fsp3) is 0.520. The van der Waals surface area contributed by atoms with E-state index < -0.39 is 0 Å². The minimum Gasteiger partial charge on any atom is -0.373 e. The van der Waals surface area contributed by atoms with Gasteiger partial charge in [0, 0.05) is 0 Å². The number of ether oxygens (including phenoxy) is 2. The quantitative estimate of drug-likeness (QED) is 0.458. The topological polar surface area (TPSA) is 18.5 Å². The fourth-order valence-corrected chi connectivity index (χ4v) is 3.74. The first kappa shape index (κ1) is 20.1. The second-order valence-electron chi connectivity index (χ2n) is 7.70. The summed E-state index contributed by atoms with van der Waals surface area (Å²) < 4.78 is 12.1. The first-order chi connectivity index (χ1) is 13.3. The zero-order valence-electron chi connectivity index (χ0n) is 17.0. The molecule has 2 heteroatoms. The van der Waals surface area contributed by atoms with Gasteiger partial charge in [-0.2, -0.15) is 0 Å². The Balaban J connectivity index is 1.50. The number of rotatable bonds is 9. The molecule has 0 aromatic heterocycles. The molecule has 0 saturated carbocycles. The van der Waals surface area contributed by atoms with Crippen molar-refractivity contribution in [1.29, 1.82) is 0 Å². The van der Waals surface area contributed by atoms with Crippen LogP contribution in [0.4, 0.5) is 0 Å². The fourth-order valence-electron chi connectivity index (χ4n) is 3.74. The van der Waals surface area contributed by atoms with Crippen LogP contribution in [0.1, 0.15) is 69.6 Å². The normalized spacial score (nSPS) is 19.9. The van der Waals surface area contributed by atoms with Crippen LogP contribution in [0.15, 0.2) is 48.5 Å². The molecule has 2 aromatic rings. The molecule has 27 heavy (non-hydrogen) atoms. The summed E-state index contributed by atoms with van der Waals surface area (Å²) in [4.78, 5) is 0. The lowest BCUT2D eigenvalue weighted by atomic mass is 9.99. The predicted octanol–water partition coefficient (Wildman–Crippen LogP) is 6.73. The van der Waals surface area contributed by atoms with E-state index in [9.17, 15) is 0 Å². The highest BCUT2D eigenvalue weighted by Crippen LogP contribution is 2.27. The Hall–Kier alpha value is -1.64. The third-order valence-electron chi connectivity index (χ3n) is 5.45. The highest BCUT2D eigenvalue weighted by molar-refractivity contribution is 5.64. The molecular formula is C25H34O2. The number of aryl methyl sites for hydroxylation is 1. The first-order valence-electron chi connectivity index (χ1n) is 10.7. The molecule has 2 atom stereocenters. The Labute approximate surface area is 164 Å². The van der Waals surface area contributed by atoms with E-state index in [0.29, 0.717) is 6.61 Å². The van der Waals surface area contributed by atoms with Gasteiger partial charge in [-0.3, -0.25) is 0 Å². The van der Waals surface area contributed by atoms with E-state index >= 15 is 0 Å². The van der Waals surface area contributed by atoms with Crippen molar-refractivity contribution in [2.75, 3.05) is 13.2 Å². The minimum absolute atomic E-state index is 0.0675. The van der Waals surface area contributed by atoms with Crippen molar-refractivity contribution in [3.63, 3.8) is 0 Å². The number of hydrogen-bond donors (Lipinski definition) is 0. The summed E-state index contributed by atoms with van der Waals surface area (Å²) in [6, 6.07) is 17.7. The van der Waals surface area contributed by atoms with E-state index in [0.717, 1.165) is 19.4 Å². The van der Waals surface area contributed by atoms with Crippen LogP contribution in [0.3, 0.4) is 0 Å². The average molecular weight is 367 g/mol. The van der Waals surface area contributed by atoms with Crippen LogP contribution in [-0.2, 0) is 15.9 Å². The highest BCUT2D eigenvalue weighted by atomic mass is 16.6. The summed E-state index contributed by atoms with van der Waals surface area (Å²) in [6.07, 6.45) is 8.97. The largest absolute Gasteiger partial charge is 0.373 e. The molecule has 3 rings (SSSR count). The van der Waals surface area contributed by atoms with E-state index in [1.54, 1.807) is 0 Å². The lowest BCUT2D eigenvalue weighted by molar-refractivity contribution is -0.137. The molecule has 0 spiro atoms. The van der Waals surface area contributed by atoms with E-state index in [1.807, 2.05) is 0 Å². The van der Waals surface area contributed by atoms with E-state index in [-0.39, 0.29) is 12.2 Å². The van der Waals surface area contributed by atoms with Crippen molar-refractivity contribution < 1.29 is 9.47 Å². The summed E-state index contributed by atoms with van der Waals surface area (Å²) in [5, 5.41) is 0. The molecule has 1 heterocycles. The van der Waals surface area contributed by atoms with Gasteiger partial charge in [0.1, 0.15) is 6.10 Å². The van der Waals surface area contributed by atoms with Crippen LogP contribution in [-0.4, -0.2) is 19.3 Å². The van der Waals surface area contributed by atoms with Crippen LogP contribution in [0.2, 0.25) is 0 Å². The predicted molar refractivity (Wildman–Crippen MR) is 113 cm³/mol. The smallest absolute Gasteiger partial charge is 0.106 e. The van der Waals surface area contributed by atoms with Crippen molar-refractivity contribution in [2.45, 2.75) is 71.0 Å². The molecule has 1 aliphatic rings. The zero-order chi connectivity index (χ0) is 18.9. The molecule has 146 valence electrons. The number of benzene rings is 2. The summed E-state index contributed by atoms with van der Waals surface area (Å²) in [7, 11) is 0. The molecule has 1 fully saturated rings. The molecule has 0 bridgehead atoms. The summed E-state index contributed by atoms with van der Waals surface area (Å²) in [5.41, 5.74) is 5.15. The van der Waals surface area contributed by atoms with Gasteiger partial charge in [-0.1, -0.05) is 94.5 Å². The first-order valence-corrected chi connectivity index (χ1v) is 10.7. The SMILES string of the molecule is CCCCCCC1COC(c2ccc(-c3ccc(CCC)cc3)cc2)CO1. The van der Waals surface area contributed by atoms with Crippen LogP contribution in [0.25, 0.3) is 11.1 Å². The molecule has 1 aliphatic heterocycles. The molecule has 2 unspecified atom stereocenters. The van der Waals surface area contributed by atoms with Crippen molar-refractivity contribution in [1.82, 2.24) is 0 Å². The monoisotopic (exact) mass is 366 g/mol. The maximum atomic E-state index is 6.10. The Morgan fingerprint density at radius 2 is 1.44 bits per heavy atom. The van der Waals surface area contributed by atoms with E-state index in [4.69, 9.17) is 9.47 Å². The molecule has 0 radical (unpaired) electrons. The molecule has 0 N–H and O–H groups in total. The molecule has 0 aliphatic carbocycles. The third-order valence-corrected chi connectivity index (χ3v) is 5.45. The van der Waals surface area contributed by atoms with Gasteiger partial charge in [0.05, 0.1) is 19.3 Å². The van der Waals surface area contributed by atoms with Gasteiger partial charge < -0.3 is 9.47 Å². The average Bonchev–Trinajstić information content (AvgIpc) is 2.73. The van der Waals surface area contributed by atoms with Gasteiger partial charge in [0.15, 0.2) is 0 Å². The van der Waals surface area contributed by atoms with E-state index in [2.05, 4.69) is 62.4 Å². The van der Waals surface area contributed by atoms with Crippen LogP contribution in [0.5, 0.6) is 0 Å². The van der Waals surface area contributed by atoms with Crippen LogP contribution >= 0.6 is 0 Å².